The first-order valence-electron chi connectivity index (χ1n) is 5.21. The molecule has 1 fully saturated rings. The number of rotatable bonds is 4. The quantitative estimate of drug-likeness (QED) is 0.656. The number of nitrogens with one attached hydrogen (secondary N) is 1. The van der Waals surface area contributed by atoms with Gasteiger partial charge in [-0.05, 0) is 19.4 Å². The van der Waals surface area contributed by atoms with Crippen molar-refractivity contribution < 1.29 is 14.3 Å². The van der Waals surface area contributed by atoms with Crippen LogP contribution in [0.3, 0.4) is 0 Å². The highest BCUT2D eigenvalue weighted by Gasteiger charge is 2.31. The summed E-state index contributed by atoms with van der Waals surface area (Å²) in [6, 6.07) is -0.153. The van der Waals surface area contributed by atoms with E-state index in [-0.39, 0.29) is 17.9 Å². The van der Waals surface area contributed by atoms with Crippen LogP contribution in [0.4, 0.5) is 0 Å². The molecule has 1 atom stereocenters. The minimum absolute atomic E-state index is 0.00511. The Labute approximate surface area is 89.8 Å². The number of hydrogen-bond acceptors (Lipinski definition) is 4. The third kappa shape index (κ3) is 3.20. The van der Waals surface area contributed by atoms with Crippen LogP contribution < -0.4 is 5.32 Å². The van der Waals surface area contributed by atoms with Crippen LogP contribution in [0.15, 0.2) is 0 Å². The van der Waals surface area contributed by atoms with Crippen molar-refractivity contribution >= 4 is 11.9 Å². The molecule has 0 aromatic rings. The average Bonchev–Trinajstić information content (AvgIpc) is 2.72. The van der Waals surface area contributed by atoms with Gasteiger partial charge in [0.25, 0.3) is 0 Å². The third-order valence-electron chi connectivity index (χ3n) is 2.74. The minimum atomic E-state index is -0.190. The molecule has 0 radical (unpaired) electrons. The summed E-state index contributed by atoms with van der Waals surface area (Å²) < 4.78 is 4.72. The molecule has 0 aromatic carbocycles. The number of methoxy groups -OCH3 is 1. The molecular weight excluding hydrogens is 196 g/mol. The van der Waals surface area contributed by atoms with Crippen LogP contribution in [0.25, 0.3) is 0 Å². The van der Waals surface area contributed by atoms with Crippen molar-refractivity contribution in [2.24, 2.45) is 0 Å². The molecule has 1 heterocycles. The van der Waals surface area contributed by atoms with Gasteiger partial charge in [-0.3, -0.25) is 14.5 Å². The highest BCUT2D eigenvalue weighted by atomic mass is 16.5. The Kier molecular flexibility index (Phi) is 4.55. The van der Waals surface area contributed by atoms with Gasteiger partial charge in [0.15, 0.2) is 0 Å². The molecule has 0 bridgehead atoms. The Bertz CT molecular complexity index is 243. The van der Waals surface area contributed by atoms with Gasteiger partial charge in [0.05, 0.1) is 7.11 Å². The van der Waals surface area contributed by atoms with Crippen LogP contribution in [0, 0.1) is 0 Å². The number of carbonyl (C=O) groups excluding carboxylic acids is 2. The third-order valence-corrected chi connectivity index (χ3v) is 2.74. The first kappa shape index (κ1) is 12.0. The van der Waals surface area contributed by atoms with Crippen LogP contribution >= 0.6 is 0 Å². The van der Waals surface area contributed by atoms with Gasteiger partial charge in [-0.15, -0.1) is 0 Å². The Morgan fingerprint density at radius 1 is 1.53 bits per heavy atom. The van der Waals surface area contributed by atoms with E-state index in [0.717, 1.165) is 19.4 Å². The number of esters is 1. The molecule has 5 nitrogen and oxygen atoms in total. The Morgan fingerprint density at radius 3 is 2.87 bits per heavy atom. The van der Waals surface area contributed by atoms with Crippen LogP contribution in [0.5, 0.6) is 0 Å². The van der Waals surface area contributed by atoms with Crippen molar-refractivity contribution in [2.45, 2.75) is 25.3 Å². The molecule has 1 saturated heterocycles. The van der Waals surface area contributed by atoms with Crippen LogP contribution in [0.2, 0.25) is 0 Å². The van der Waals surface area contributed by atoms with E-state index in [1.54, 1.807) is 7.05 Å². The number of amides is 1. The monoisotopic (exact) mass is 214 g/mol. The highest BCUT2D eigenvalue weighted by molar-refractivity contribution is 5.77. The van der Waals surface area contributed by atoms with Crippen molar-refractivity contribution in [3.05, 3.63) is 0 Å². The summed E-state index contributed by atoms with van der Waals surface area (Å²) in [4.78, 5) is 24.4. The van der Waals surface area contributed by atoms with E-state index in [4.69, 9.17) is 4.74 Å². The molecule has 1 rings (SSSR count). The smallest absolute Gasteiger partial charge is 0.323 e. The second kappa shape index (κ2) is 5.70. The number of nitrogens with zero attached hydrogens (tertiary/aromatic N) is 1. The van der Waals surface area contributed by atoms with E-state index in [0.29, 0.717) is 13.0 Å². The van der Waals surface area contributed by atoms with E-state index in [1.165, 1.54) is 7.11 Å². The SMILES string of the molecule is CNC(=O)CCN1CCCC1C(=O)OC. The van der Waals surface area contributed by atoms with Gasteiger partial charge in [-0.1, -0.05) is 0 Å². The van der Waals surface area contributed by atoms with Crippen LogP contribution in [-0.2, 0) is 14.3 Å². The van der Waals surface area contributed by atoms with E-state index in [1.807, 2.05) is 4.90 Å². The maximum absolute atomic E-state index is 11.4. The fourth-order valence-electron chi connectivity index (χ4n) is 1.87. The standard InChI is InChI=1S/C10H18N2O3/c1-11-9(13)5-7-12-6-3-4-8(12)10(14)15-2/h8H,3-7H2,1-2H3,(H,11,13). The lowest BCUT2D eigenvalue weighted by molar-refractivity contribution is -0.146. The van der Waals surface area contributed by atoms with Gasteiger partial charge >= 0.3 is 5.97 Å². The van der Waals surface area contributed by atoms with E-state index < -0.39 is 0 Å². The zero-order valence-electron chi connectivity index (χ0n) is 9.28. The normalized spacial score (nSPS) is 21.3. The molecular formula is C10H18N2O3. The Balaban J connectivity index is 2.39. The summed E-state index contributed by atoms with van der Waals surface area (Å²) in [6.07, 6.45) is 2.26. The molecule has 0 saturated carbocycles. The summed E-state index contributed by atoms with van der Waals surface area (Å²) in [6.45, 7) is 1.50. The van der Waals surface area contributed by atoms with Crippen molar-refractivity contribution in [1.29, 1.82) is 0 Å². The molecule has 0 spiro atoms. The zero-order chi connectivity index (χ0) is 11.3. The first-order chi connectivity index (χ1) is 7.19. The lowest BCUT2D eigenvalue weighted by Gasteiger charge is -2.21. The van der Waals surface area contributed by atoms with E-state index >= 15 is 0 Å². The van der Waals surface area contributed by atoms with Gasteiger partial charge < -0.3 is 10.1 Å². The fourth-order valence-corrected chi connectivity index (χ4v) is 1.87. The van der Waals surface area contributed by atoms with Gasteiger partial charge in [-0.2, -0.15) is 0 Å². The predicted octanol–water partition coefficient (Wildman–Crippen LogP) is -0.240. The first-order valence-corrected chi connectivity index (χ1v) is 5.21. The summed E-state index contributed by atoms with van der Waals surface area (Å²) in [7, 11) is 3.02. The van der Waals surface area contributed by atoms with Gasteiger partial charge in [-0.25, -0.2) is 0 Å². The molecule has 1 N–H and O–H groups in total. The molecule has 1 unspecified atom stereocenters. The summed E-state index contributed by atoms with van der Waals surface area (Å²) in [5.41, 5.74) is 0. The largest absolute Gasteiger partial charge is 0.468 e. The predicted molar refractivity (Wildman–Crippen MR) is 55.3 cm³/mol. The van der Waals surface area contributed by atoms with Crippen LogP contribution in [0.1, 0.15) is 19.3 Å². The number of carbonyl (C=O) groups is 2. The number of hydrogen-bond donors (Lipinski definition) is 1. The number of likely N-dealkylation sites (tertiary alicyclic amines) is 1. The van der Waals surface area contributed by atoms with Gasteiger partial charge in [0.1, 0.15) is 6.04 Å². The molecule has 5 heteroatoms. The van der Waals surface area contributed by atoms with E-state index in [2.05, 4.69) is 5.32 Å². The lowest BCUT2D eigenvalue weighted by atomic mass is 10.2. The minimum Gasteiger partial charge on any atom is -0.468 e. The second-order valence-electron chi connectivity index (χ2n) is 3.64. The van der Waals surface area contributed by atoms with Crippen molar-refractivity contribution in [1.82, 2.24) is 10.2 Å². The molecule has 0 aliphatic carbocycles. The molecule has 1 amide bonds. The maximum atomic E-state index is 11.4. The molecule has 0 aromatic heterocycles. The van der Waals surface area contributed by atoms with Crippen molar-refractivity contribution in [3.63, 3.8) is 0 Å². The average molecular weight is 214 g/mol. The molecule has 1 aliphatic heterocycles. The van der Waals surface area contributed by atoms with Gasteiger partial charge in [0, 0.05) is 20.0 Å². The fraction of sp³-hybridized carbons (Fsp3) is 0.800. The van der Waals surface area contributed by atoms with Crippen LogP contribution in [-0.4, -0.2) is 50.1 Å². The molecule has 15 heavy (non-hydrogen) atoms. The zero-order valence-corrected chi connectivity index (χ0v) is 9.28. The summed E-state index contributed by atoms with van der Waals surface area (Å²) in [5.74, 6) is -0.185. The molecule has 1 aliphatic rings. The summed E-state index contributed by atoms with van der Waals surface area (Å²) >= 11 is 0. The van der Waals surface area contributed by atoms with E-state index in [9.17, 15) is 9.59 Å². The second-order valence-corrected chi connectivity index (χ2v) is 3.64. The highest BCUT2D eigenvalue weighted by Crippen LogP contribution is 2.18. The number of ether oxygens (including phenoxy) is 1. The topological polar surface area (TPSA) is 58.6 Å². The van der Waals surface area contributed by atoms with Gasteiger partial charge in [0.2, 0.25) is 5.91 Å². The Hall–Kier alpha value is -1.10. The molecule has 86 valence electrons. The van der Waals surface area contributed by atoms with Crippen molar-refractivity contribution in [2.75, 3.05) is 27.2 Å². The maximum Gasteiger partial charge on any atom is 0.323 e. The summed E-state index contributed by atoms with van der Waals surface area (Å²) in [5, 5.41) is 2.57. The Morgan fingerprint density at radius 2 is 2.27 bits per heavy atom. The van der Waals surface area contributed by atoms with Crippen molar-refractivity contribution in [3.8, 4) is 0 Å². The lowest BCUT2D eigenvalue weighted by Crippen LogP contribution is -2.38.